The molecule has 1 aromatic rings. The molecule has 3 fully saturated rings. The summed E-state index contributed by atoms with van der Waals surface area (Å²) in [5.41, 5.74) is 2.34. The predicted octanol–water partition coefficient (Wildman–Crippen LogP) is 2.45. The zero-order valence-corrected chi connectivity index (χ0v) is 16.3. The average Bonchev–Trinajstić information content (AvgIpc) is 3.34. The molecular weight excluding hydrogens is 358 g/mol. The number of imide groups is 1. The maximum absolute atomic E-state index is 12.6. The number of ether oxygens (including phenoxy) is 1. The van der Waals surface area contributed by atoms with Gasteiger partial charge in [0.2, 0.25) is 17.6 Å². The van der Waals surface area contributed by atoms with Crippen molar-refractivity contribution < 1.29 is 23.9 Å². The van der Waals surface area contributed by atoms with Crippen LogP contribution in [0.25, 0.3) is 0 Å². The zero-order valence-electron chi connectivity index (χ0n) is 16.3. The lowest BCUT2D eigenvalue weighted by atomic mass is 9.81. The largest absolute Gasteiger partial charge is 0.457 e. The van der Waals surface area contributed by atoms with E-state index in [2.05, 4.69) is 0 Å². The lowest BCUT2D eigenvalue weighted by molar-refractivity contribution is -0.145. The SMILES string of the molecule is Cc1ccc(C)c(C(=O)COC(=O)CCN2C(=O)[C@@H]3[C@H]4CC[C@@H](C4)[C@H]3C2=O)c1. The molecule has 0 spiro atoms. The van der Waals surface area contributed by atoms with E-state index in [0.717, 1.165) is 30.4 Å². The van der Waals surface area contributed by atoms with Crippen LogP contribution < -0.4 is 0 Å². The van der Waals surface area contributed by atoms with Crippen molar-refractivity contribution in [2.45, 2.75) is 39.5 Å². The third-order valence-corrected chi connectivity index (χ3v) is 6.62. The van der Waals surface area contributed by atoms with Gasteiger partial charge in [-0.25, -0.2) is 0 Å². The predicted molar refractivity (Wildman–Crippen MR) is 100 cm³/mol. The lowest BCUT2D eigenvalue weighted by Crippen LogP contribution is -2.35. The van der Waals surface area contributed by atoms with Crippen LogP contribution in [0.2, 0.25) is 0 Å². The fourth-order valence-electron chi connectivity index (χ4n) is 5.23. The molecule has 1 aromatic carbocycles. The van der Waals surface area contributed by atoms with Crippen LogP contribution in [0.3, 0.4) is 0 Å². The molecule has 6 nitrogen and oxygen atoms in total. The number of fused-ring (bicyclic) bond motifs is 5. The van der Waals surface area contributed by atoms with Crippen molar-refractivity contribution in [2.24, 2.45) is 23.7 Å². The van der Waals surface area contributed by atoms with Crippen molar-refractivity contribution >= 4 is 23.6 Å². The highest BCUT2D eigenvalue weighted by Gasteiger charge is 2.60. The molecule has 2 amide bonds. The number of hydrogen-bond donors (Lipinski definition) is 0. The number of rotatable bonds is 6. The van der Waals surface area contributed by atoms with Gasteiger partial charge in [0.25, 0.3) is 0 Å². The number of likely N-dealkylation sites (tertiary alicyclic amines) is 1. The van der Waals surface area contributed by atoms with Gasteiger partial charge in [0.15, 0.2) is 6.61 Å². The summed E-state index contributed by atoms with van der Waals surface area (Å²) in [6.07, 6.45) is 2.97. The van der Waals surface area contributed by atoms with Gasteiger partial charge in [0.05, 0.1) is 18.3 Å². The van der Waals surface area contributed by atoms with Gasteiger partial charge in [-0.3, -0.25) is 24.1 Å². The molecule has 0 unspecified atom stereocenters. The highest BCUT2D eigenvalue weighted by Crippen LogP contribution is 2.56. The number of amides is 2. The quantitative estimate of drug-likeness (QED) is 0.428. The fourth-order valence-corrected chi connectivity index (χ4v) is 5.23. The maximum Gasteiger partial charge on any atom is 0.308 e. The van der Waals surface area contributed by atoms with Crippen LogP contribution in [-0.4, -0.2) is 41.6 Å². The van der Waals surface area contributed by atoms with Gasteiger partial charge in [0.1, 0.15) is 0 Å². The number of Topliss-reactive ketones (excluding diaryl/α,β-unsaturated/α-hetero) is 1. The molecule has 2 saturated carbocycles. The van der Waals surface area contributed by atoms with Crippen molar-refractivity contribution in [3.8, 4) is 0 Å². The molecule has 3 aliphatic rings. The van der Waals surface area contributed by atoms with E-state index in [4.69, 9.17) is 4.74 Å². The lowest BCUT2D eigenvalue weighted by Gasteiger charge is -2.19. The monoisotopic (exact) mass is 383 g/mol. The van der Waals surface area contributed by atoms with E-state index in [1.165, 1.54) is 4.90 Å². The maximum atomic E-state index is 12.6. The van der Waals surface area contributed by atoms with Crippen LogP contribution >= 0.6 is 0 Å². The summed E-state index contributed by atoms with van der Waals surface area (Å²) in [5.74, 6) is -0.755. The average molecular weight is 383 g/mol. The molecule has 0 aromatic heterocycles. The summed E-state index contributed by atoms with van der Waals surface area (Å²) < 4.78 is 5.09. The van der Waals surface area contributed by atoms with E-state index in [-0.39, 0.29) is 49.0 Å². The summed E-state index contributed by atoms with van der Waals surface area (Å²) in [6, 6.07) is 5.56. The van der Waals surface area contributed by atoms with Gasteiger partial charge in [-0.2, -0.15) is 0 Å². The molecule has 1 saturated heterocycles. The van der Waals surface area contributed by atoms with Crippen LogP contribution in [0.5, 0.6) is 0 Å². The van der Waals surface area contributed by atoms with E-state index < -0.39 is 5.97 Å². The number of carbonyl (C=O) groups is 4. The van der Waals surface area contributed by atoms with Crippen molar-refractivity contribution in [1.29, 1.82) is 0 Å². The number of hydrogen-bond acceptors (Lipinski definition) is 5. The molecule has 4 rings (SSSR count). The zero-order chi connectivity index (χ0) is 20.0. The van der Waals surface area contributed by atoms with Crippen molar-refractivity contribution in [2.75, 3.05) is 13.2 Å². The highest BCUT2D eigenvalue weighted by molar-refractivity contribution is 6.06. The Balaban J connectivity index is 1.29. The molecule has 2 aliphatic carbocycles. The first-order chi connectivity index (χ1) is 13.4. The standard InChI is InChI=1S/C22H25NO5/c1-12-3-4-13(2)16(9-12)17(24)11-28-18(25)7-8-23-21(26)19-14-5-6-15(10-14)20(19)22(23)27/h3-4,9,14-15,19-20H,5-8,10-11H2,1-2H3/t14-,15-,19+,20+/m0/s1. The van der Waals surface area contributed by atoms with Gasteiger partial charge in [0, 0.05) is 12.1 Å². The molecule has 0 radical (unpaired) electrons. The molecule has 2 bridgehead atoms. The van der Waals surface area contributed by atoms with E-state index >= 15 is 0 Å². The van der Waals surface area contributed by atoms with Gasteiger partial charge in [-0.05, 0) is 56.6 Å². The minimum Gasteiger partial charge on any atom is -0.457 e. The third kappa shape index (κ3) is 3.15. The van der Waals surface area contributed by atoms with Gasteiger partial charge in [-0.15, -0.1) is 0 Å². The summed E-state index contributed by atoms with van der Waals surface area (Å²) in [7, 11) is 0. The Bertz CT molecular complexity index is 832. The Morgan fingerprint density at radius 1 is 1.07 bits per heavy atom. The molecule has 1 aliphatic heterocycles. The highest BCUT2D eigenvalue weighted by atomic mass is 16.5. The Morgan fingerprint density at radius 3 is 2.36 bits per heavy atom. The molecule has 148 valence electrons. The minimum absolute atomic E-state index is 0.0423. The molecule has 6 heteroatoms. The number of ketones is 1. The number of nitrogens with zero attached hydrogens (tertiary/aromatic N) is 1. The molecule has 0 N–H and O–H groups in total. The Labute approximate surface area is 164 Å². The van der Waals surface area contributed by atoms with E-state index in [9.17, 15) is 19.2 Å². The first-order valence-electron chi connectivity index (χ1n) is 9.98. The molecule has 28 heavy (non-hydrogen) atoms. The minimum atomic E-state index is -0.570. The Kier molecular flexibility index (Phi) is 4.81. The van der Waals surface area contributed by atoms with Crippen molar-refractivity contribution in [3.05, 3.63) is 34.9 Å². The van der Waals surface area contributed by atoms with E-state index in [1.54, 1.807) is 6.07 Å². The number of aryl methyl sites for hydroxylation is 2. The first kappa shape index (κ1) is 18.8. The fraction of sp³-hybridized carbons (Fsp3) is 0.545. The second kappa shape index (κ2) is 7.15. The summed E-state index contributed by atoms with van der Waals surface area (Å²) in [6.45, 7) is 3.44. The van der Waals surface area contributed by atoms with Crippen LogP contribution in [-0.2, 0) is 19.1 Å². The summed E-state index contributed by atoms with van der Waals surface area (Å²) >= 11 is 0. The number of carbonyl (C=O) groups excluding carboxylic acids is 4. The number of benzene rings is 1. The Morgan fingerprint density at radius 2 is 1.71 bits per heavy atom. The Hall–Kier alpha value is -2.50. The van der Waals surface area contributed by atoms with Gasteiger partial charge < -0.3 is 4.74 Å². The van der Waals surface area contributed by atoms with Crippen LogP contribution in [0, 0.1) is 37.5 Å². The molecular formula is C22H25NO5. The normalized spacial score (nSPS) is 28.0. The van der Waals surface area contributed by atoms with Gasteiger partial charge in [-0.1, -0.05) is 17.7 Å². The van der Waals surface area contributed by atoms with Crippen molar-refractivity contribution in [1.82, 2.24) is 4.90 Å². The van der Waals surface area contributed by atoms with Crippen molar-refractivity contribution in [3.63, 3.8) is 0 Å². The van der Waals surface area contributed by atoms with E-state index in [0.29, 0.717) is 17.4 Å². The first-order valence-corrected chi connectivity index (χ1v) is 9.98. The third-order valence-electron chi connectivity index (χ3n) is 6.62. The second-order valence-electron chi connectivity index (χ2n) is 8.37. The van der Waals surface area contributed by atoms with E-state index in [1.807, 2.05) is 26.0 Å². The summed E-state index contributed by atoms with van der Waals surface area (Å²) in [4.78, 5) is 50.8. The van der Waals surface area contributed by atoms with Gasteiger partial charge >= 0.3 is 5.97 Å². The smallest absolute Gasteiger partial charge is 0.308 e. The molecule has 4 atom stereocenters. The number of esters is 1. The topological polar surface area (TPSA) is 80.8 Å². The van der Waals surface area contributed by atoms with Crippen LogP contribution in [0.1, 0.15) is 47.2 Å². The van der Waals surface area contributed by atoms with Crippen LogP contribution in [0.4, 0.5) is 0 Å². The second-order valence-corrected chi connectivity index (χ2v) is 8.37. The van der Waals surface area contributed by atoms with Crippen LogP contribution in [0.15, 0.2) is 18.2 Å². The summed E-state index contributed by atoms with van der Waals surface area (Å²) in [5, 5.41) is 0. The molecule has 1 heterocycles.